The molecule has 1 aromatic heterocycles. The summed E-state index contributed by atoms with van der Waals surface area (Å²) in [5.74, 6) is 5.54. The van der Waals surface area contributed by atoms with Crippen LogP contribution in [0.3, 0.4) is 0 Å². The van der Waals surface area contributed by atoms with Crippen LogP contribution >= 0.6 is 0 Å². The van der Waals surface area contributed by atoms with E-state index in [0.717, 1.165) is 0 Å². The van der Waals surface area contributed by atoms with Crippen molar-refractivity contribution in [3.8, 4) is 0 Å². The Balaban J connectivity index is 0.000000791. The second-order valence-electron chi connectivity index (χ2n) is 1.56. The van der Waals surface area contributed by atoms with Crippen LogP contribution in [0.1, 0.15) is 0 Å². The Bertz CT molecular complexity index is 320. The molecule has 0 aliphatic heterocycles. The van der Waals surface area contributed by atoms with Crippen LogP contribution < -0.4 is 17.1 Å². The summed E-state index contributed by atoms with van der Waals surface area (Å²) < 4.78 is 3.90. The first-order valence-corrected chi connectivity index (χ1v) is 2.90. The van der Waals surface area contributed by atoms with E-state index in [0.29, 0.717) is 0 Å². The predicted octanol–water partition coefficient (Wildman–Crippen LogP) is -2.32. The van der Waals surface area contributed by atoms with Crippen molar-refractivity contribution in [2.45, 2.75) is 0 Å². The van der Waals surface area contributed by atoms with Crippen molar-refractivity contribution in [2.24, 2.45) is 5.84 Å². The van der Waals surface area contributed by atoms with Crippen LogP contribution in [0.5, 0.6) is 0 Å². The van der Waals surface area contributed by atoms with E-state index in [-0.39, 0.29) is 0 Å². The van der Waals surface area contributed by atoms with E-state index < -0.39 is 21.6 Å². The second-order valence-corrected chi connectivity index (χ2v) is 1.56. The van der Waals surface area contributed by atoms with Crippen molar-refractivity contribution in [1.82, 2.24) is 10.3 Å². The normalized spacial score (nSPS) is 8.43. The zero-order valence-corrected chi connectivity index (χ0v) is 6.61. The first-order chi connectivity index (χ1) is 6.61. The van der Waals surface area contributed by atoms with E-state index >= 15 is 0 Å². The molecule has 0 atom stereocenters. The van der Waals surface area contributed by atoms with Crippen molar-refractivity contribution in [1.29, 1.82) is 0 Å². The molecule has 1 aromatic rings. The van der Waals surface area contributed by atoms with Crippen LogP contribution in [0.4, 0.5) is 11.6 Å². The lowest BCUT2D eigenvalue weighted by atomic mass is 10.7. The monoisotopic (exact) mass is 208 g/mol. The predicted molar refractivity (Wildman–Crippen MR) is 38.6 cm³/mol. The molecule has 0 radical (unpaired) electrons. The summed E-state index contributed by atoms with van der Waals surface area (Å²) in [6.07, 6.45) is 0. The number of hydrogen-bond donors (Lipinski definition) is 3. The number of nitrogens with one attached hydrogen (secondary N) is 1. The van der Waals surface area contributed by atoms with Gasteiger partial charge in [0.05, 0.1) is 0 Å². The molecule has 1 heterocycles. The SMILES string of the molecule is N[NH3+].O=[N+]([O-])Nc1nonc1[N+](=O)[O-]. The lowest BCUT2D eigenvalue weighted by Gasteiger charge is -1.88. The van der Waals surface area contributed by atoms with E-state index in [9.17, 15) is 20.2 Å². The van der Waals surface area contributed by atoms with Crippen molar-refractivity contribution in [3.63, 3.8) is 0 Å². The van der Waals surface area contributed by atoms with E-state index in [4.69, 9.17) is 0 Å². The highest BCUT2D eigenvalue weighted by Gasteiger charge is 2.25. The Morgan fingerprint density at radius 1 is 1.36 bits per heavy atom. The van der Waals surface area contributed by atoms with Gasteiger partial charge in [0.1, 0.15) is 0 Å². The average molecular weight is 208 g/mol. The van der Waals surface area contributed by atoms with Gasteiger partial charge in [-0.3, -0.25) is 5.84 Å². The number of aromatic nitrogens is 2. The minimum Gasteiger partial charge on any atom is -0.358 e. The third kappa shape index (κ3) is 2.95. The molecule has 0 aromatic carbocycles. The van der Waals surface area contributed by atoms with Crippen LogP contribution in [0.15, 0.2) is 4.63 Å². The highest BCUT2D eigenvalue weighted by Crippen LogP contribution is 2.17. The molecule has 0 spiro atoms. The Morgan fingerprint density at radius 3 is 2.36 bits per heavy atom. The van der Waals surface area contributed by atoms with Crippen molar-refractivity contribution >= 4 is 11.6 Å². The molecule has 0 fully saturated rings. The number of hydrazine groups is 1. The first-order valence-electron chi connectivity index (χ1n) is 2.90. The molecule has 0 amide bonds. The highest BCUT2D eigenvalue weighted by molar-refractivity contribution is 5.46. The van der Waals surface area contributed by atoms with Gasteiger partial charge < -0.3 is 10.1 Å². The summed E-state index contributed by atoms with van der Waals surface area (Å²) in [7, 11) is 0. The summed E-state index contributed by atoms with van der Waals surface area (Å²) in [5, 5.41) is 24.6. The number of quaternary nitrogens is 1. The maximum atomic E-state index is 10.0. The third-order valence-electron chi connectivity index (χ3n) is 0.841. The minimum absolute atomic E-state index is 0.634. The molecule has 12 heteroatoms. The summed E-state index contributed by atoms with van der Waals surface area (Å²) in [5.41, 5.74) is 1.45. The zero-order valence-electron chi connectivity index (χ0n) is 6.61. The smallest absolute Gasteiger partial charge is 0.358 e. The Labute approximate surface area is 75.0 Å². The van der Waals surface area contributed by atoms with Gasteiger partial charge in [-0.15, -0.1) is 4.63 Å². The van der Waals surface area contributed by atoms with Crippen LogP contribution in [0, 0.1) is 20.2 Å². The number of rotatable bonds is 3. The molecular weight excluding hydrogens is 202 g/mol. The molecular formula is C2H6N7O5+. The maximum absolute atomic E-state index is 10.0. The van der Waals surface area contributed by atoms with Gasteiger partial charge in [0.2, 0.25) is 0 Å². The van der Waals surface area contributed by atoms with E-state index in [1.165, 1.54) is 5.43 Å². The zero-order chi connectivity index (χ0) is 11.1. The topological polar surface area (TPSA) is 191 Å². The molecule has 0 aliphatic carbocycles. The number of nitro groups is 2. The lowest BCUT2D eigenvalue weighted by molar-refractivity contribution is -0.447. The minimum atomic E-state index is -1.01. The molecule has 0 saturated heterocycles. The van der Waals surface area contributed by atoms with E-state index in [2.05, 4.69) is 26.6 Å². The first kappa shape index (κ1) is 11.7. The Kier molecular flexibility index (Phi) is 4.44. The quantitative estimate of drug-likeness (QED) is 0.277. The van der Waals surface area contributed by atoms with Gasteiger partial charge in [-0.1, -0.05) is 5.43 Å². The third-order valence-corrected chi connectivity index (χ3v) is 0.841. The van der Waals surface area contributed by atoms with Gasteiger partial charge in [0.25, 0.3) is 0 Å². The Morgan fingerprint density at radius 2 is 1.93 bits per heavy atom. The summed E-state index contributed by atoms with van der Waals surface area (Å²) in [6.45, 7) is 0. The molecule has 78 valence electrons. The highest BCUT2D eigenvalue weighted by atomic mass is 16.7. The van der Waals surface area contributed by atoms with Crippen LogP contribution in [0.2, 0.25) is 0 Å². The van der Waals surface area contributed by atoms with Crippen molar-refractivity contribution in [2.75, 3.05) is 5.43 Å². The maximum Gasteiger partial charge on any atom is 0.464 e. The van der Waals surface area contributed by atoms with Crippen LogP contribution in [-0.4, -0.2) is 20.3 Å². The van der Waals surface area contributed by atoms with Gasteiger partial charge in [-0.05, 0) is 4.92 Å². The van der Waals surface area contributed by atoms with E-state index in [1.807, 2.05) is 0 Å². The summed E-state index contributed by atoms with van der Waals surface area (Å²) >= 11 is 0. The lowest BCUT2D eigenvalue weighted by Crippen LogP contribution is -2.59. The molecule has 6 N–H and O–H groups in total. The van der Waals surface area contributed by atoms with Crippen molar-refractivity contribution < 1.29 is 20.4 Å². The van der Waals surface area contributed by atoms with E-state index in [1.54, 1.807) is 0 Å². The number of nitrogens with zero attached hydrogens (tertiary/aromatic N) is 4. The van der Waals surface area contributed by atoms with Crippen LogP contribution in [0.25, 0.3) is 0 Å². The number of anilines is 1. The number of nitrogens with two attached hydrogens (primary N) is 1. The second kappa shape index (κ2) is 5.33. The fraction of sp³-hybridized carbons (Fsp3) is 0. The fourth-order valence-electron chi connectivity index (χ4n) is 0.461. The van der Waals surface area contributed by atoms with Crippen molar-refractivity contribution in [3.05, 3.63) is 20.2 Å². The molecule has 14 heavy (non-hydrogen) atoms. The summed E-state index contributed by atoms with van der Waals surface area (Å²) in [6, 6.07) is 0. The molecule has 1 rings (SSSR count). The largest absolute Gasteiger partial charge is 0.464 e. The molecule has 0 unspecified atom stereocenters. The van der Waals surface area contributed by atoms with Gasteiger partial charge in [-0.25, -0.2) is 10.1 Å². The van der Waals surface area contributed by atoms with Gasteiger partial charge in [0, 0.05) is 5.16 Å². The fourth-order valence-corrected chi connectivity index (χ4v) is 0.461. The summed E-state index contributed by atoms with van der Waals surface area (Å²) in [4.78, 5) is 18.9. The standard InChI is InChI=1S/C2HN5O5.H4N2/c8-6(9)2-1(3-7(10)11)4-12-5-2;1-2/h(H,3,4);1-2H2/p+1. The van der Waals surface area contributed by atoms with Crippen LogP contribution in [-0.2, 0) is 0 Å². The molecule has 0 aliphatic rings. The molecule has 12 nitrogen and oxygen atoms in total. The molecule has 0 saturated carbocycles. The molecule has 0 bridgehead atoms. The van der Waals surface area contributed by atoms with Gasteiger partial charge >= 0.3 is 11.6 Å². The van der Waals surface area contributed by atoms with Gasteiger partial charge in [0.15, 0.2) is 10.2 Å². The average Bonchev–Trinajstić information content (AvgIpc) is 2.55. The number of hydrogen-bond acceptors (Lipinski definition) is 8. The van der Waals surface area contributed by atoms with Gasteiger partial charge in [-0.2, -0.15) is 5.84 Å². The Hall–Kier alpha value is -2.34.